The Morgan fingerprint density at radius 2 is 1.83 bits per heavy atom. The fourth-order valence-corrected chi connectivity index (χ4v) is 2.05. The maximum Gasteiger partial charge on any atom is 0.130 e. The van der Waals surface area contributed by atoms with Crippen LogP contribution in [-0.2, 0) is 12.8 Å². The highest BCUT2D eigenvalue weighted by atomic mass is 35.5. The minimum atomic E-state index is 0.553. The smallest absolute Gasteiger partial charge is 0.130 e. The lowest BCUT2D eigenvalue weighted by Gasteiger charge is -2.06. The van der Waals surface area contributed by atoms with Crippen LogP contribution >= 0.6 is 11.6 Å². The van der Waals surface area contributed by atoms with E-state index in [9.17, 15) is 0 Å². The standard InChI is InChI=1S/C15H17ClN2/c1-3-12-4-6-13(7-5-12)14-10-11(2)17-15(18-14)8-9-16/h4-7,10H,3,8-9H2,1-2H3. The molecule has 1 aromatic carbocycles. The summed E-state index contributed by atoms with van der Waals surface area (Å²) in [4.78, 5) is 8.94. The molecule has 0 bridgehead atoms. The summed E-state index contributed by atoms with van der Waals surface area (Å²) >= 11 is 5.75. The minimum absolute atomic E-state index is 0.553. The van der Waals surface area contributed by atoms with Gasteiger partial charge in [-0.25, -0.2) is 9.97 Å². The molecule has 0 unspecified atom stereocenters. The molecule has 0 saturated carbocycles. The van der Waals surface area contributed by atoms with Crippen molar-refractivity contribution in [2.75, 3.05) is 5.88 Å². The van der Waals surface area contributed by atoms with Crippen molar-refractivity contribution in [1.29, 1.82) is 0 Å². The fourth-order valence-electron chi connectivity index (χ4n) is 1.89. The number of halogens is 1. The molecule has 0 aliphatic carbocycles. The van der Waals surface area contributed by atoms with Gasteiger partial charge in [-0.15, -0.1) is 11.6 Å². The second-order valence-corrected chi connectivity index (χ2v) is 4.68. The molecule has 1 aromatic heterocycles. The molecule has 0 radical (unpaired) electrons. The molecule has 0 aliphatic heterocycles. The topological polar surface area (TPSA) is 25.8 Å². The van der Waals surface area contributed by atoms with Crippen molar-refractivity contribution < 1.29 is 0 Å². The van der Waals surface area contributed by atoms with Gasteiger partial charge in [-0.3, -0.25) is 0 Å². The normalized spacial score (nSPS) is 10.6. The largest absolute Gasteiger partial charge is 0.238 e. The van der Waals surface area contributed by atoms with Crippen LogP contribution in [0.4, 0.5) is 0 Å². The molecule has 0 fully saturated rings. The molecule has 3 heteroatoms. The number of aryl methyl sites for hydroxylation is 3. The Morgan fingerprint density at radius 3 is 2.44 bits per heavy atom. The van der Waals surface area contributed by atoms with Crippen LogP contribution in [0.2, 0.25) is 0 Å². The van der Waals surface area contributed by atoms with Crippen molar-refractivity contribution in [1.82, 2.24) is 9.97 Å². The molecule has 0 amide bonds. The van der Waals surface area contributed by atoms with Gasteiger partial charge in [0.2, 0.25) is 0 Å². The van der Waals surface area contributed by atoms with E-state index in [2.05, 4.69) is 41.2 Å². The molecule has 1 heterocycles. The van der Waals surface area contributed by atoms with E-state index >= 15 is 0 Å². The summed E-state index contributed by atoms with van der Waals surface area (Å²) in [5, 5.41) is 0. The molecule has 2 rings (SSSR count). The Hall–Kier alpha value is -1.41. The van der Waals surface area contributed by atoms with Crippen LogP contribution in [0.3, 0.4) is 0 Å². The van der Waals surface area contributed by atoms with Crippen molar-refractivity contribution in [2.24, 2.45) is 0 Å². The van der Waals surface area contributed by atoms with Gasteiger partial charge in [-0.1, -0.05) is 31.2 Å². The minimum Gasteiger partial charge on any atom is -0.238 e. The molecule has 0 atom stereocenters. The molecule has 94 valence electrons. The molecule has 2 nitrogen and oxygen atoms in total. The van der Waals surface area contributed by atoms with E-state index in [-0.39, 0.29) is 0 Å². The zero-order valence-electron chi connectivity index (χ0n) is 10.8. The summed E-state index contributed by atoms with van der Waals surface area (Å²) < 4.78 is 0. The molecule has 2 aromatic rings. The fraction of sp³-hybridized carbons (Fsp3) is 0.333. The quantitative estimate of drug-likeness (QED) is 0.782. The van der Waals surface area contributed by atoms with Crippen molar-refractivity contribution in [2.45, 2.75) is 26.7 Å². The first-order valence-corrected chi connectivity index (χ1v) is 6.76. The molecule has 0 saturated heterocycles. The third-order valence-corrected chi connectivity index (χ3v) is 3.07. The second-order valence-electron chi connectivity index (χ2n) is 4.30. The SMILES string of the molecule is CCc1ccc(-c2cc(C)nc(CCCl)n2)cc1. The molecular formula is C15H17ClN2. The molecular weight excluding hydrogens is 244 g/mol. The number of nitrogens with zero attached hydrogens (tertiary/aromatic N) is 2. The van der Waals surface area contributed by atoms with Crippen molar-refractivity contribution >= 4 is 11.6 Å². The predicted octanol–water partition coefficient (Wildman–Crippen LogP) is 3.80. The average molecular weight is 261 g/mol. The Bertz CT molecular complexity index is 521. The number of benzene rings is 1. The predicted molar refractivity (Wildman–Crippen MR) is 76.0 cm³/mol. The van der Waals surface area contributed by atoms with E-state index in [4.69, 9.17) is 11.6 Å². The van der Waals surface area contributed by atoms with Crippen LogP contribution in [0.15, 0.2) is 30.3 Å². The van der Waals surface area contributed by atoms with Crippen molar-refractivity contribution in [3.63, 3.8) is 0 Å². The second kappa shape index (κ2) is 5.96. The highest BCUT2D eigenvalue weighted by Crippen LogP contribution is 2.19. The summed E-state index contributed by atoms with van der Waals surface area (Å²) in [6.45, 7) is 4.14. The van der Waals surface area contributed by atoms with Gasteiger partial charge in [0.25, 0.3) is 0 Å². The Balaban J connectivity index is 2.36. The van der Waals surface area contributed by atoms with Crippen LogP contribution in [-0.4, -0.2) is 15.8 Å². The summed E-state index contributed by atoms with van der Waals surface area (Å²) in [5.74, 6) is 1.37. The van der Waals surface area contributed by atoms with Gasteiger partial charge < -0.3 is 0 Å². The van der Waals surface area contributed by atoms with Gasteiger partial charge in [0.1, 0.15) is 5.82 Å². The van der Waals surface area contributed by atoms with E-state index in [0.717, 1.165) is 29.2 Å². The lowest BCUT2D eigenvalue weighted by atomic mass is 10.1. The zero-order chi connectivity index (χ0) is 13.0. The number of rotatable bonds is 4. The number of alkyl halides is 1. The number of aromatic nitrogens is 2. The summed E-state index contributed by atoms with van der Waals surface area (Å²) in [5.41, 5.74) is 4.43. The monoisotopic (exact) mass is 260 g/mol. The zero-order valence-corrected chi connectivity index (χ0v) is 11.5. The van der Waals surface area contributed by atoms with E-state index in [0.29, 0.717) is 12.3 Å². The van der Waals surface area contributed by atoms with Crippen LogP contribution in [0, 0.1) is 6.92 Å². The first-order chi connectivity index (χ1) is 8.72. The Kier molecular flexibility index (Phi) is 4.32. The van der Waals surface area contributed by atoms with Gasteiger partial charge >= 0.3 is 0 Å². The van der Waals surface area contributed by atoms with Crippen LogP contribution < -0.4 is 0 Å². The first-order valence-electron chi connectivity index (χ1n) is 6.22. The van der Waals surface area contributed by atoms with Gasteiger partial charge in [0, 0.05) is 23.6 Å². The average Bonchev–Trinajstić information content (AvgIpc) is 2.38. The van der Waals surface area contributed by atoms with Gasteiger partial charge in [0.15, 0.2) is 0 Å². The molecule has 18 heavy (non-hydrogen) atoms. The highest BCUT2D eigenvalue weighted by Gasteiger charge is 2.04. The van der Waals surface area contributed by atoms with E-state index in [1.54, 1.807) is 0 Å². The van der Waals surface area contributed by atoms with Crippen LogP contribution in [0.1, 0.15) is 24.0 Å². The first kappa shape index (κ1) is 13.0. The third-order valence-electron chi connectivity index (χ3n) is 2.88. The summed E-state index contributed by atoms with van der Waals surface area (Å²) in [6, 6.07) is 10.5. The maximum atomic E-state index is 5.75. The van der Waals surface area contributed by atoms with Gasteiger partial charge in [-0.2, -0.15) is 0 Å². The Morgan fingerprint density at radius 1 is 1.11 bits per heavy atom. The van der Waals surface area contributed by atoms with E-state index in [1.807, 2.05) is 13.0 Å². The lowest BCUT2D eigenvalue weighted by molar-refractivity contribution is 0.925. The number of hydrogen-bond donors (Lipinski definition) is 0. The van der Waals surface area contributed by atoms with E-state index in [1.165, 1.54) is 5.56 Å². The van der Waals surface area contributed by atoms with Crippen LogP contribution in [0.25, 0.3) is 11.3 Å². The van der Waals surface area contributed by atoms with Crippen LogP contribution in [0.5, 0.6) is 0 Å². The summed E-state index contributed by atoms with van der Waals surface area (Å²) in [7, 11) is 0. The van der Waals surface area contributed by atoms with E-state index < -0.39 is 0 Å². The Labute approximate surface area is 113 Å². The molecule has 0 N–H and O–H groups in total. The third kappa shape index (κ3) is 3.08. The highest BCUT2D eigenvalue weighted by molar-refractivity contribution is 6.17. The van der Waals surface area contributed by atoms with Crippen molar-refractivity contribution in [3.05, 3.63) is 47.4 Å². The molecule has 0 aliphatic rings. The molecule has 0 spiro atoms. The van der Waals surface area contributed by atoms with Crippen molar-refractivity contribution in [3.8, 4) is 11.3 Å². The lowest BCUT2D eigenvalue weighted by Crippen LogP contribution is -2.00. The van der Waals surface area contributed by atoms with Gasteiger partial charge in [-0.05, 0) is 25.0 Å². The van der Waals surface area contributed by atoms with Gasteiger partial charge in [0.05, 0.1) is 5.69 Å². The number of hydrogen-bond acceptors (Lipinski definition) is 2. The maximum absolute atomic E-state index is 5.75. The summed E-state index contributed by atoms with van der Waals surface area (Å²) in [6.07, 6.45) is 1.77.